The summed E-state index contributed by atoms with van der Waals surface area (Å²) in [7, 11) is 1.99. The molecule has 1 aromatic rings. The van der Waals surface area contributed by atoms with Gasteiger partial charge in [-0.15, -0.1) is 0 Å². The van der Waals surface area contributed by atoms with Crippen molar-refractivity contribution in [3.63, 3.8) is 0 Å². The zero-order chi connectivity index (χ0) is 13.7. The number of pyridine rings is 1. The van der Waals surface area contributed by atoms with Gasteiger partial charge in [-0.2, -0.15) is 0 Å². The van der Waals surface area contributed by atoms with Crippen LogP contribution < -0.4 is 10.6 Å². The van der Waals surface area contributed by atoms with E-state index in [1.807, 2.05) is 13.1 Å². The van der Waals surface area contributed by atoms with E-state index in [2.05, 4.69) is 36.4 Å². The minimum absolute atomic E-state index is 0.0251. The number of amides is 1. The molecular weight excluding hydrogens is 308 g/mol. The van der Waals surface area contributed by atoms with Crippen molar-refractivity contribution >= 4 is 27.7 Å². The molecule has 1 aliphatic heterocycles. The molecule has 19 heavy (non-hydrogen) atoms. The monoisotopic (exact) mass is 326 g/mol. The third-order valence-electron chi connectivity index (χ3n) is 3.28. The zero-order valence-corrected chi connectivity index (χ0v) is 12.6. The molecule has 1 saturated heterocycles. The molecule has 1 fully saturated rings. The largest absolute Gasteiger partial charge is 0.315 e. The van der Waals surface area contributed by atoms with E-state index in [9.17, 15) is 4.79 Å². The standard InChI is InChI=1S/C13H19BrN4O/c1-18(11-3-2-6-15-8-11)9-13(19)17-12-5-4-10(14)7-16-12/h4-5,7,11,15H,2-3,6,8-9H2,1H3,(H,16,17,19). The number of nitrogens with one attached hydrogen (secondary N) is 2. The minimum Gasteiger partial charge on any atom is -0.315 e. The predicted molar refractivity (Wildman–Crippen MR) is 79.1 cm³/mol. The van der Waals surface area contributed by atoms with Crippen LogP contribution in [0.25, 0.3) is 0 Å². The van der Waals surface area contributed by atoms with E-state index in [0.29, 0.717) is 18.4 Å². The highest BCUT2D eigenvalue weighted by atomic mass is 79.9. The van der Waals surface area contributed by atoms with Gasteiger partial charge < -0.3 is 10.6 Å². The van der Waals surface area contributed by atoms with Crippen LogP contribution >= 0.6 is 15.9 Å². The number of hydrogen-bond acceptors (Lipinski definition) is 4. The summed E-state index contributed by atoms with van der Waals surface area (Å²) in [5.74, 6) is 0.561. The summed E-state index contributed by atoms with van der Waals surface area (Å²) >= 11 is 3.31. The number of nitrogens with zero attached hydrogens (tertiary/aromatic N) is 2. The lowest BCUT2D eigenvalue weighted by Crippen LogP contribution is -2.46. The van der Waals surface area contributed by atoms with Gasteiger partial charge in [0, 0.05) is 23.3 Å². The number of carbonyl (C=O) groups excluding carboxylic acids is 1. The molecule has 0 spiro atoms. The number of aromatic nitrogens is 1. The van der Waals surface area contributed by atoms with Crippen LogP contribution in [0.5, 0.6) is 0 Å². The summed E-state index contributed by atoms with van der Waals surface area (Å²) in [5, 5.41) is 6.16. The van der Waals surface area contributed by atoms with Crippen molar-refractivity contribution in [2.75, 3.05) is 32.0 Å². The first-order valence-electron chi connectivity index (χ1n) is 6.47. The Morgan fingerprint density at radius 2 is 2.47 bits per heavy atom. The Morgan fingerprint density at radius 3 is 3.11 bits per heavy atom. The molecule has 5 nitrogen and oxygen atoms in total. The average Bonchev–Trinajstić information content (AvgIpc) is 2.42. The predicted octanol–water partition coefficient (Wildman–Crippen LogP) is 1.47. The minimum atomic E-state index is -0.0251. The molecule has 2 rings (SSSR count). The maximum atomic E-state index is 11.9. The molecule has 2 heterocycles. The maximum Gasteiger partial charge on any atom is 0.239 e. The molecule has 104 valence electrons. The van der Waals surface area contributed by atoms with Crippen LogP contribution in [0.3, 0.4) is 0 Å². The van der Waals surface area contributed by atoms with Crippen LogP contribution in [0.4, 0.5) is 5.82 Å². The summed E-state index contributed by atoms with van der Waals surface area (Å²) in [6.45, 7) is 2.43. The van der Waals surface area contributed by atoms with Gasteiger partial charge in [0.15, 0.2) is 0 Å². The summed E-state index contributed by atoms with van der Waals surface area (Å²) in [4.78, 5) is 18.2. The van der Waals surface area contributed by atoms with Crippen molar-refractivity contribution in [3.05, 3.63) is 22.8 Å². The van der Waals surface area contributed by atoms with Crippen LogP contribution in [0, 0.1) is 0 Å². The van der Waals surface area contributed by atoms with Gasteiger partial charge in [0.05, 0.1) is 6.54 Å². The lowest BCUT2D eigenvalue weighted by molar-refractivity contribution is -0.117. The SMILES string of the molecule is CN(CC(=O)Nc1ccc(Br)cn1)C1CCCNC1. The van der Waals surface area contributed by atoms with Crippen molar-refractivity contribution < 1.29 is 4.79 Å². The summed E-state index contributed by atoms with van der Waals surface area (Å²) in [5.41, 5.74) is 0. The first kappa shape index (κ1) is 14.4. The molecule has 0 aromatic carbocycles. The maximum absolute atomic E-state index is 11.9. The van der Waals surface area contributed by atoms with E-state index >= 15 is 0 Å². The Balaban J connectivity index is 1.81. The van der Waals surface area contributed by atoms with Gasteiger partial charge in [-0.1, -0.05) is 0 Å². The van der Waals surface area contributed by atoms with Crippen molar-refractivity contribution in [1.29, 1.82) is 0 Å². The lowest BCUT2D eigenvalue weighted by atomic mass is 10.1. The van der Waals surface area contributed by atoms with Gasteiger partial charge in [0.2, 0.25) is 5.91 Å². The number of rotatable bonds is 4. The van der Waals surface area contributed by atoms with Gasteiger partial charge in [0.1, 0.15) is 5.82 Å². The highest BCUT2D eigenvalue weighted by Crippen LogP contribution is 2.11. The van der Waals surface area contributed by atoms with Crippen LogP contribution in [-0.2, 0) is 4.79 Å². The van der Waals surface area contributed by atoms with E-state index in [1.165, 1.54) is 6.42 Å². The van der Waals surface area contributed by atoms with Crippen LogP contribution in [0.1, 0.15) is 12.8 Å². The van der Waals surface area contributed by atoms with E-state index in [1.54, 1.807) is 12.3 Å². The number of hydrogen-bond donors (Lipinski definition) is 2. The van der Waals surface area contributed by atoms with Crippen LogP contribution in [0.2, 0.25) is 0 Å². The van der Waals surface area contributed by atoms with Crippen LogP contribution in [-0.4, -0.2) is 48.5 Å². The second kappa shape index (κ2) is 6.98. The Morgan fingerprint density at radius 1 is 1.63 bits per heavy atom. The lowest BCUT2D eigenvalue weighted by Gasteiger charge is -2.31. The third-order valence-corrected chi connectivity index (χ3v) is 3.75. The number of halogens is 1. The molecule has 1 atom stereocenters. The van der Waals surface area contributed by atoms with E-state index in [4.69, 9.17) is 0 Å². The Bertz CT molecular complexity index is 417. The molecule has 0 saturated carbocycles. The van der Waals surface area contributed by atoms with E-state index in [-0.39, 0.29) is 5.91 Å². The van der Waals surface area contributed by atoms with Gasteiger partial charge in [-0.3, -0.25) is 9.69 Å². The molecule has 1 aliphatic rings. The van der Waals surface area contributed by atoms with Gasteiger partial charge in [-0.05, 0) is 54.5 Å². The van der Waals surface area contributed by atoms with E-state index < -0.39 is 0 Å². The molecule has 2 N–H and O–H groups in total. The molecule has 0 radical (unpaired) electrons. The first-order chi connectivity index (χ1) is 9.15. The van der Waals surface area contributed by atoms with Gasteiger partial charge in [0.25, 0.3) is 0 Å². The van der Waals surface area contributed by atoms with Crippen molar-refractivity contribution in [2.24, 2.45) is 0 Å². The normalized spacial score (nSPS) is 19.4. The van der Waals surface area contributed by atoms with Crippen LogP contribution in [0.15, 0.2) is 22.8 Å². The highest BCUT2D eigenvalue weighted by Gasteiger charge is 2.19. The van der Waals surface area contributed by atoms with Crippen molar-refractivity contribution in [2.45, 2.75) is 18.9 Å². The zero-order valence-electron chi connectivity index (χ0n) is 11.0. The molecule has 6 heteroatoms. The van der Waals surface area contributed by atoms with Gasteiger partial charge >= 0.3 is 0 Å². The van der Waals surface area contributed by atoms with E-state index in [0.717, 1.165) is 24.0 Å². The highest BCUT2D eigenvalue weighted by molar-refractivity contribution is 9.10. The molecule has 1 unspecified atom stereocenters. The first-order valence-corrected chi connectivity index (χ1v) is 7.27. The Kier molecular flexibility index (Phi) is 5.30. The average molecular weight is 327 g/mol. The quantitative estimate of drug-likeness (QED) is 0.879. The molecule has 1 amide bonds. The third kappa shape index (κ3) is 4.56. The molecular formula is C13H19BrN4O. The summed E-state index contributed by atoms with van der Waals surface area (Å²) in [6, 6.07) is 4.08. The summed E-state index contributed by atoms with van der Waals surface area (Å²) < 4.78 is 0.899. The topological polar surface area (TPSA) is 57.3 Å². The second-order valence-electron chi connectivity index (χ2n) is 4.83. The molecule has 1 aromatic heterocycles. The number of piperidine rings is 1. The number of anilines is 1. The molecule has 0 bridgehead atoms. The fourth-order valence-corrected chi connectivity index (χ4v) is 2.43. The summed E-state index contributed by atoms with van der Waals surface area (Å²) in [6.07, 6.45) is 3.99. The van der Waals surface area contributed by atoms with Crippen molar-refractivity contribution in [1.82, 2.24) is 15.2 Å². The smallest absolute Gasteiger partial charge is 0.239 e. The Hall–Kier alpha value is -0.980. The Labute approximate surface area is 121 Å². The molecule has 0 aliphatic carbocycles. The fraction of sp³-hybridized carbons (Fsp3) is 0.538. The van der Waals surface area contributed by atoms with Crippen molar-refractivity contribution in [3.8, 4) is 0 Å². The second-order valence-corrected chi connectivity index (χ2v) is 5.74. The number of likely N-dealkylation sites (N-methyl/N-ethyl adjacent to an activating group) is 1. The van der Waals surface area contributed by atoms with Gasteiger partial charge in [-0.25, -0.2) is 4.98 Å². The number of carbonyl (C=O) groups is 1. The fourth-order valence-electron chi connectivity index (χ4n) is 2.20.